The number of hydrogen-bond donors (Lipinski definition) is 1. The Bertz CT molecular complexity index is 1140. The van der Waals surface area contributed by atoms with E-state index in [1.165, 1.54) is 37.2 Å². The monoisotopic (exact) mass is 506 g/mol. The highest BCUT2D eigenvalue weighted by molar-refractivity contribution is 7.90. The molecule has 0 fully saturated rings. The van der Waals surface area contributed by atoms with E-state index in [9.17, 15) is 22.4 Å². The zero-order chi connectivity index (χ0) is 26.3. The van der Waals surface area contributed by atoms with Crippen LogP contribution in [-0.2, 0) is 26.3 Å². The Kier molecular flexibility index (Phi) is 9.79. The Hall–Kier alpha value is -2.98. The maximum Gasteiger partial charge on any atom is 0.304 e. The van der Waals surface area contributed by atoms with Gasteiger partial charge in [0.05, 0.1) is 5.69 Å². The van der Waals surface area contributed by atoms with Gasteiger partial charge in [0.25, 0.3) is 0 Å². The van der Waals surface area contributed by atoms with E-state index in [-0.39, 0.29) is 24.2 Å². The van der Waals surface area contributed by atoms with Crippen LogP contribution in [0.1, 0.15) is 38.3 Å². The molecule has 2 rings (SSSR count). The largest absolute Gasteiger partial charge is 0.352 e. The minimum Gasteiger partial charge on any atom is -0.352 e. The minimum atomic E-state index is -4.21. The Balaban J connectivity index is 2.48. The summed E-state index contributed by atoms with van der Waals surface area (Å²) >= 11 is 0. The van der Waals surface area contributed by atoms with Crippen LogP contribution in [0.3, 0.4) is 0 Å². The lowest BCUT2D eigenvalue weighted by atomic mass is 10.1. The van der Waals surface area contributed by atoms with Crippen molar-refractivity contribution in [1.29, 1.82) is 0 Å². The van der Waals surface area contributed by atoms with Gasteiger partial charge in [-0.3, -0.25) is 9.59 Å². The molecule has 0 aromatic heterocycles. The predicted molar refractivity (Wildman–Crippen MR) is 135 cm³/mol. The van der Waals surface area contributed by atoms with E-state index in [1.807, 2.05) is 45.0 Å². The SMILES string of the molecule is CC[C@@H](C)NC(=O)[C@@H](C)N(Cc1ccccc1C)C(=O)CN(c1ccccc1F)S(=O)(=O)N(C)C. The van der Waals surface area contributed by atoms with Gasteiger partial charge in [0.1, 0.15) is 18.4 Å². The molecule has 1 N–H and O–H groups in total. The van der Waals surface area contributed by atoms with Crippen molar-refractivity contribution in [1.82, 2.24) is 14.5 Å². The van der Waals surface area contributed by atoms with Gasteiger partial charge in [-0.15, -0.1) is 0 Å². The molecule has 0 unspecified atom stereocenters. The number of aryl methyl sites for hydroxylation is 1. The maximum atomic E-state index is 14.6. The van der Waals surface area contributed by atoms with Crippen LogP contribution in [0.25, 0.3) is 0 Å². The molecule has 0 radical (unpaired) electrons. The van der Waals surface area contributed by atoms with Crippen molar-refractivity contribution in [2.24, 2.45) is 0 Å². The number of anilines is 1. The van der Waals surface area contributed by atoms with E-state index >= 15 is 0 Å². The lowest BCUT2D eigenvalue weighted by molar-refractivity contribution is -0.139. The second-order valence-corrected chi connectivity index (χ2v) is 10.8. The van der Waals surface area contributed by atoms with Crippen LogP contribution in [0.15, 0.2) is 48.5 Å². The normalized spacial score (nSPS) is 13.3. The summed E-state index contributed by atoms with van der Waals surface area (Å²) in [5.74, 6) is -1.76. The number of carbonyl (C=O) groups excluding carboxylic acids is 2. The number of nitrogens with one attached hydrogen (secondary N) is 1. The molecule has 0 spiro atoms. The number of hydrogen-bond acceptors (Lipinski definition) is 4. The Morgan fingerprint density at radius 2 is 1.63 bits per heavy atom. The summed E-state index contributed by atoms with van der Waals surface area (Å²) in [7, 11) is -1.60. The highest BCUT2D eigenvalue weighted by Gasteiger charge is 2.34. The van der Waals surface area contributed by atoms with E-state index in [1.54, 1.807) is 6.92 Å². The van der Waals surface area contributed by atoms with Gasteiger partial charge in [-0.1, -0.05) is 43.3 Å². The minimum absolute atomic E-state index is 0.0910. The fourth-order valence-corrected chi connectivity index (χ4v) is 4.44. The van der Waals surface area contributed by atoms with Crippen molar-refractivity contribution in [2.45, 2.75) is 52.7 Å². The quantitative estimate of drug-likeness (QED) is 0.507. The van der Waals surface area contributed by atoms with Crippen LogP contribution >= 0.6 is 0 Å². The number of benzene rings is 2. The first-order valence-electron chi connectivity index (χ1n) is 11.5. The summed E-state index contributed by atoms with van der Waals surface area (Å²) in [5.41, 5.74) is 1.49. The van der Waals surface area contributed by atoms with E-state index in [2.05, 4.69) is 5.32 Å². The molecule has 10 heteroatoms. The fraction of sp³-hybridized carbons (Fsp3) is 0.440. The molecule has 2 atom stereocenters. The topological polar surface area (TPSA) is 90.0 Å². The number of amides is 2. The maximum absolute atomic E-state index is 14.6. The third kappa shape index (κ3) is 7.02. The first-order valence-corrected chi connectivity index (χ1v) is 12.9. The van der Waals surface area contributed by atoms with Crippen molar-refractivity contribution < 1.29 is 22.4 Å². The van der Waals surface area contributed by atoms with Gasteiger partial charge in [-0.05, 0) is 50.5 Å². The van der Waals surface area contributed by atoms with Crippen molar-refractivity contribution >= 4 is 27.7 Å². The van der Waals surface area contributed by atoms with Crippen molar-refractivity contribution in [3.05, 3.63) is 65.5 Å². The lowest BCUT2D eigenvalue weighted by Crippen LogP contribution is -2.53. The third-order valence-electron chi connectivity index (χ3n) is 5.91. The first-order chi connectivity index (χ1) is 16.4. The van der Waals surface area contributed by atoms with Crippen LogP contribution < -0.4 is 9.62 Å². The van der Waals surface area contributed by atoms with Crippen LogP contribution in [-0.4, -0.2) is 62.2 Å². The molecular formula is C25H35FN4O4S. The summed E-state index contributed by atoms with van der Waals surface area (Å²) in [4.78, 5) is 27.9. The highest BCUT2D eigenvalue weighted by atomic mass is 32.2. The van der Waals surface area contributed by atoms with Crippen LogP contribution in [0, 0.1) is 12.7 Å². The van der Waals surface area contributed by atoms with Gasteiger partial charge < -0.3 is 10.2 Å². The molecule has 0 saturated carbocycles. The molecule has 0 bridgehead atoms. The number of nitrogens with zero attached hydrogens (tertiary/aromatic N) is 3. The smallest absolute Gasteiger partial charge is 0.304 e. The van der Waals surface area contributed by atoms with E-state index in [4.69, 9.17) is 0 Å². The standard InChI is InChI=1S/C25H35FN4O4S/c1-7-19(3)27-25(32)20(4)29(16-21-13-9-8-12-18(21)2)24(31)17-30(35(33,34)28(5)6)23-15-11-10-14-22(23)26/h8-15,19-20H,7,16-17H2,1-6H3,(H,27,32)/t19-,20-/m1/s1. The third-order valence-corrected chi connectivity index (χ3v) is 7.72. The van der Waals surface area contributed by atoms with Crippen molar-refractivity contribution in [3.8, 4) is 0 Å². The number of carbonyl (C=O) groups is 2. The van der Waals surface area contributed by atoms with Gasteiger partial charge in [0, 0.05) is 26.7 Å². The number of para-hydroxylation sites is 1. The summed E-state index contributed by atoms with van der Waals surface area (Å²) in [5, 5.41) is 2.87. The molecule has 2 amide bonds. The van der Waals surface area contributed by atoms with E-state index in [0.29, 0.717) is 6.42 Å². The molecule has 192 valence electrons. The second kappa shape index (κ2) is 12.1. The van der Waals surface area contributed by atoms with Crippen LogP contribution in [0.4, 0.5) is 10.1 Å². The Morgan fingerprint density at radius 1 is 1.03 bits per heavy atom. The summed E-state index contributed by atoms with van der Waals surface area (Å²) in [6, 6.07) is 11.8. The Morgan fingerprint density at radius 3 is 2.20 bits per heavy atom. The predicted octanol–water partition coefficient (Wildman–Crippen LogP) is 3.08. The van der Waals surface area contributed by atoms with E-state index in [0.717, 1.165) is 25.8 Å². The Labute approximate surface area is 207 Å². The number of halogens is 1. The van der Waals surface area contributed by atoms with Crippen molar-refractivity contribution in [3.63, 3.8) is 0 Å². The van der Waals surface area contributed by atoms with Gasteiger partial charge in [-0.2, -0.15) is 12.7 Å². The number of rotatable bonds is 11. The fourth-order valence-electron chi connectivity index (χ4n) is 3.37. The molecular weight excluding hydrogens is 471 g/mol. The molecule has 35 heavy (non-hydrogen) atoms. The zero-order valence-electron chi connectivity index (χ0n) is 21.2. The van der Waals surface area contributed by atoms with Gasteiger partial charge in [-0.25, -0.2) is 8.70 Å². The van der Waals surface area contributed by atoms with Crippen LogP contribution in [0.5, 0.6) is 0 Å². The molecule has 0 aliphatic rings. The molecule has 0 aliphatic heterocycles. The molecule has 0 aliphatic carbocycles. The summed E-state index contributed by atoms with van der Waals surface area (Å²) in [6.07, 6.45) is 0.715. The van der Waals surface area contributed by atoms with E-state index < -0.39 is 34.5 Å². The van der Waals surface area contributed by atoms with Gasteiger partial charge in [0.15, 0.2) is 0 Å². The summed E-state index contributed by atoms with van der Waals surface area (Å²) in [6.45, 7) is 6.71. The lowest BCUT2D eigenvalue weighted by Gasteiger charge is -2.33. The van der Waals surface area contributed by atoms with Crippen LogP contribution in [0.2, 0.25) is 0 Å². The summed E-state index contributed by atoms with van der Waals surface area (Å²) < 4.78 is 42.4. The second-order valence-electron chi connectivity index (χ2n) is 8.69. The average Bonchev–Trinajstić information content (AvgIpc) is 2.81. The zero-order valence-corrected chi connectivity index (χ0v) is 22.0. The molecule has 8 nitrogen and oxygen atoms in total. The van der Waals surface area contributed by atoms with Gasteiger partial charge >= 0.3 is 10.2 Å². The average molecular weight is 507 g/mol. The first kappa shape index (κ1) is 28.3. The molecule has 0 heterocycles. The molecule has 2 aromatic rings. The van der Waals surface area contributed by atoms with Gasteiger partial charge in [0.2, 0.25) is 11.8 Å². The molecule has 0 saturated heterocycles. The highest BCUT2D eigenvalue weighted by Crippen LogP contribution is 2.24. The van der Waals surface area contributed by atoms with Crippen molar-refractivity contribution in [2.75, 3.05) is 24.9 Å². The molecule has 2 aromatic carbocycles.